The van der Waals surface area contributed by atoms with Crippen molar-refractivity contribution in [3.8, 4) is 0 Å². The molecule has 0 aliphatic rings. The molecule has 10 nitrogen and oxygen atoms in total. The van der Waals surface area contributed by atoms with Gasteiger partial charge in [0.05, 0.1) is 9.79 Å². The second-order valence-corrected chi connectivity index (χ2v) is 14.3. The van der Waals surface area contributed by atoms with E-state index < -0.39 is 55.3 Å². The van der Waals surface area contributed by atoms with Crippen LogP contribution in [0.25, 0.3) is 0 Å². The standard InChI is InChI=1S/C26H36N2O8S2/c1-17-9-13-19(14-10-17)37(31,32)27-21(23(29)35-25(3,4)5)22(24(30)36-26(6,7)8)28-38(33,34)20-15-11-18(2)12-16-20/h9-16,21-22,27-28H,1-8H3/t21-,22+. The molecule has 210 valence electrons. The summed E-state index contributed by atoms with van der Waals surface area (Å²) in [6, 6.07) is 7.51. The van der Waals surface area contributed by atoms with Crippen LogP contribution in [0.15, 0.2) is 58.3 Å². The monoisotopic (exact) mass is 568 g/mol. The number of esters is 2. The summed E-state index contributed by atoms with van der Waals surface area (Å²) in [6.45, 7) is 12.8. The van der Waals surface area contributed by atoms with Gasteiger partial charge in [0.1, 0.15) is 23.3 Å². The number of nitrogens with one attached hydrogen (secondary N) is 2. The number of hydrogen-bond donors (Lipinski definition) is 2. The first kappa shape index (κ1) is 31.4. The maximum Gasteiger partial charge on any atom is 0.326 e. The normalized spacial score (nSPS) is 14.4. The summed E-state index contributed by atoms with van der Waals surface area (Å²) in [5, 5.41) is 0. The van der Waals surface area contributed by atoms with Crippen LogP contribution in [-0.4, -0.2) is 52.1 Å². The van der Waals surface area contributed by atoms with E-state index in [1.165, 1.54) is 24.3 Å². The van der Waals surface area contributed by atoms with Gasteiger partial charge in [-0.1, -0.05) is 35.4 Å². The van der Waals surface area contributed by atoms with Crippen molar-refractivity contribution in [1.29, 1.82) is 0 Å². The zero-order chi connectivity index (χ0) is 29.1. The van der Waals surface area contributed by atoms with Crippen molar-refractivity contribution < 1.29 is 35.9 Å². The van der Waals surface area contributed by atoms with Gasteiger partial charge in [-0.25, -0.2) is 16.8 Å². The molecular formula is C26H36N2O8S2. The van der Waals surface area contributed by atoms with Gasteiger partial charge in [-0.3, -0.25) is 9.59 Å². The Balaban J connectivity index is 2.64. The minimum Gasteiger partial charge on any atom is -0.459 e. The molecule has 0 amide bonds. The number of carbonyl (C=O) groups excluding carboxylic acids is 2. The van der Waals surface area contributed by atoms with Crippen LogP contribution in [0.5, 0.6) is 0 Å². The van der Waals surface area contributed by atoms with Crippen molar-refractivity contribution in [3.63, 3.8) is 0 Å². The number of benzene rings is 2. The number of hydrogen-bond acceptors (Lipinski definition) is 8. The van der Waals surface area contributed by atoms with Gasteiger partial charge in [-0.05, 0) is 79.7 Å². The maximum absolute atomic E-state index is 13.3. The van der Waals surface area contributed by atoms with Gasteiger partial charge in [0.25, 0.3) is 0 Å². The number of sulfonamides is 2. The van der Waals surface area contributed by atoms with Crippen molar-refractivity contribution >= 4 is 32.0 Å². The molecule has 2 N–H and O–H groups in total. The Kier molecular flexibility index (Phi) is 9.53. The highest BCUT2D eigenvalue weighted by molar-refractivity contribution is 7.90. The van der Waals surface area contributed by atoms with Gasteiger partial charge in [0, 0.05) is 0 Å². The smallest absolute Gasteiger partial charge is 0.326 e. The molecule has 0 saturated heterocycles. The quantitative estimate of drug-likeness (QED) is 0.439. The highest BCUT2D eigenvalue weighted by Crippen LogP contribution is 2.19. The van der Waals surface area contributed by atoms with Crippen LogP contribution in [0.2, 0.25) is 0 Å². The molecule has 0 bridgehead atoms. The molecule has 2 aromatic rings. The van der Waals surface area contributed by atoms with Crippen molar-refractivity contribution in [2.24, 2.45) is 0 Å². The van der Waals surface area contributed by atoms with E-state index >= 15 is 0 Å². The second kappa shape index (κ2) is 11.5. The predicted octanol–water partition coefficient (Wildman–Crippen LogP) is 2.98. The Hall–Kier alpha value is -2.80. The summed E-state index contributed by atoms with van der Waals surface area (Å²) in [4.78, 5) is 26.2. The lowest BCUT2D eigenvalue weighted by Crippen LogP contribution is -2.60. The lowest BCUT2D eigenvalue weighted by Gasteiger charge is -2.31. The third-order valence-electron chi connectivity index (χ3n) is 4.88. The van der Waals surface area contributed by atoms with Crippen molar-refractivity contribution in [1.82, 2.24) is 9.44 Å². The Morgan fingerprint density at radius 2 is 0.868 bits per heavy atom. The number of carbonyl (C=O) groups is 2. The topological polar surface area (TPSA) is 145 Å². The summed E-state index contributed by atoms with van der Waals surface area (Å²) in [6.07, 6.45) is 0. The highest BCUT2D eigenvalue weighted by Gasteiger charge is 2.44. The molecule has 12 heteroatoms. The van der Waals surface area contributed by atoms with Crippen LogP contribution in [0, 0.1) is 13.8 Å². The summed E-state index contributed by atoms with van der Waals surface area (Å²) < 4.78 is 68.2. The molecule has 0 fully saturated rings. The van der Waals surface area contributed by atoms with Gasteiger partial charge >= 0.3 is 11.9 Å². The Labute approximate surface area is 225 Å². The lowest BCUT2D eigenvalue weighted by molar-refractivity contribution is -0.166. The second-order valence-electron chi connectivity index (χ2n) is 10.9. The minimum atomic E-state index is -4.42. The summed E-state index contributed by atoms with van der Waals surface area (Å²) in [7, 11) is -8.84. The molecule has 0 aliphatic carbocycles. The summed E-state index contributed by atoms with van der Waals surface area (Å²) >= 11 is 0. The number of ether oxygens (including phenoxy) is 2. The van der Waals surface area contributed by atoms with Crippen LogP contribution in [0.3, 0.4) is 0 Å². The molecule has 0 heterocycles. The SMILES string of the molecule is Cc1ccc(S(=O)(=O)N[C@H](C(=O)OC(C)(C)C)[C@@H](NS(=O)(=O)c2ccc(C)cc2)C(=O)OC(C)(C)C)cc1. The molecule has 2 rings (SSSR count). The first-order chi connectivity index (χ1) is 17.2. The molecule has 38 heavy (non-hydrogen) atoms. The zero-order valence-corrected chi connectivity index (χ0v) is 24.5. The van der Waals surface area contributed by atoms with Gasteiger partial charge in [0.15, 0.2) is 0 Å². The van der Waals surface area contributed by atoms with Crippen molar-refractivity contribution in [2.45, 2.75) is 88.5 Å². The lowest BCUT2D eigenvalue weighted by atomic mass is 10.1. The van der Waals surface area contributed by atoms with Crippen molar-refractivity contribution in [2.75, 3.05) is 0 Å². The average Bonchev–Trinajstić information content (AvgIpc) is 2.74. The van der Waals surface area contributed by atoms with Crippen LogP contribution < -0.4 is 9.44 Å². The summed E-state index contributed by atoms with van der Waals surface area (Å²) in [5.41, 5.74) is -0.576. The molecular weight excluding hydrogens is 532 g/mol. The van der Waals surface area contributed by atoms with E-state index in [2.05, 4.69) is 9.44 Å². The molecule has 2 atom stereocenters. The van der Waals surface area contributed by atoms with Crippen molar-refractivity contribution in [3.05, 3.63) is 59.7 Å². The van der Waals surface area contributed by atoms with Crippen LogP contribution in [-0.2, 0) is 39.1 Å². The van der Waals surface area contributed by atoms with Gasteiger partial charge in [0.2, 0.25) is 20.0 Å². The molecule has 2 aromatic carbocycles. The van der Waals surface area contributed by atoms with E-state index in [1.807, 2.05) is 0 Å². The van der Waals surface area contributed by atoms with E-state index in [-0.39, 0.29) is 9.79 Å². The van der Waals surface area contributed by atoms with E-state index in [9.17, 15) is 26.4 Å². The predicted molar refractivity (Wildman–Crippen MR) is 142 cm³/mol. The summed E-state index contributed by atoms with van der Waals surface area (Å²) in [5.74, 6) is -2.34. The Morgan fingerprint density at radius 1 is 0.605 bits per heavy atom. The minimum absolute atomic E-state index is 0.194. The first-order valence-corrected chi connectivity index (χ1v) is 14.8. The van der Waals surface area contributed by atoms with Crippen LogP contribution in [0.1, 0.15) is 52.7 Å². The van der Waals surface area contributed by atoms with Gasteiger partial charge in [-0.15, -0.1) is 0 Å². The Morgan fingerprint density at radius 3 is 1.11 bits per heavy atom. The molecule has 0 unspecified atom stereocenters. The number of aryl methyl sites for hydroxylation is 2. The molecule has 0 aliphatic heterocycles. The van der Waals surface area contributed by atoms with Crippen LogP contribution >= 0.6 is 0 Å². The van der Waals surface area contributed by atoms with E-state index in [0.29, 0.717) is 0 Å². The molecule has 0 saturated carbocycles. The van der Waals surface area contributed by atoms with Gasteiger partial charge < -0.3 is 9.47 Å². The fourth-order valence-corrected chi connectivity index (χ4v) is 5.53. The molecule has 0 aromatic heterocycles. The fraction of sp³-hybridized carbons (Fsp3) is 0.462. The third kappa shape index (κ3) is 9.19. The third-order valence-corrected chi connectivity index (χ3v) is 7.80. The van der Waals surface area contributed by atoms with E-state index in [1.54, 1.807) is 79.7 Å². The fourth-order valence-electron chi connectivity index (χ4n) is 3.14. The first-order valence-electron chi connectivity index (χ1n) is 11.8. The number of rotatable bonds is 9. The highest BCUT2D eigenvalue weighted by atomic mass is 32.2. The van der Waals surface area contributed by atoms with E-state index in [0.717, 1.165) is 11.1 Å². The maximum atomic E-state index is 13.3. The van der Waals surface area contributed by atoms with E-state index in [4.69, 9.17) is 9.47 Å². The van der Waals surface area contributed by atoms with Crippen LogP contribution in [0.4, 0.5) is 0 Å². The largest absolute Gasteiger partial charge is 0.459 e. The molecule has 0 spiro atoms. The molecule has 0 radical (unpaired) electrons. The zero-order valence-electron chi connectivity index (χ0n) is 22.9. The average molecular weight is 569 g/mol. The Bertz CT molecular complexity index is 1250. The van der Waals surface area contributed by atoms with Gasteiger partial charge in [-0.2, -0.15) is 9.44 Å².